The predicted molar refractivity (Wildman–Crippen MR) is 49.0 cm³/mol. The van der Waals surface area contributed by atoms with Gasteiger partial charge in [0, 0.05) is 19.5 Å². The molecule has 0 saturated heterocycles. The van der Waals surface area contributed by atoms with Crippen molar-refractivity contribution in [2.45, 2.75) is 27.2 Å². The van der Waals surface area contributed by atoms with Gasteiger partial charge in [0.2, 0.25) is 0 Å². The molecule has 0 aromatic carbocycles. The summed E-state index contributed by atoms with van der Waals surface area (Å²) in [6.45, 7) is 6.50. The third-order valence-corrected chi connectivity index (χ3v) is 2.36. The van der Waals surface area contributed by atoms with Crippen LogP contribution in [-0.4, -0.2) is 30.7 Å². The van der Waals surface area contributed by atoms with Crippen molar-refractivity contribution in [2.24, 2.45) is 16.4 Å². The van der Waals surface area contributed by atoms with Gasteiger partial charge in [0.1, 0.15) is 5.71 Å². The van der Waals surface area contributed by atoms with Crippen LogP contribution >= 0.6 is 0 Å². The van der Waals surface area contributed by atoms with Gasteiger partial charge in [0.25, 0.3) is 6.43 Å². The van der Waals surface area contributed by atoms with Gasteiger partial charge in [0.05, 0.1) is 0 Å². The van der Waals surface area contributed by atoms with E-state index >= 15 is 0 Å². The van der Waals surface area contributed by atoms with Gasteiger partial charge in [-0.25, -0.2) is 8.78 Å². The van der Waals surface area contributed by atoms with Crippen LogP contribution in [0.5, 0.6) is 0 Å². The largest absolute Gasteiger partial charge is 0.299 e. The number of hydrazone groups is 1. The fourth-order valence-corrected chi connectivity index (χ4v) is 1.58. The molecule has 0 N–H and O–H groups in total. The summed E-state index contributed by atoms with van der Waals surface area (Å²) in [6, 6.07) is 0. The van der Waals surface area contributed by atoms with Crippen molar-refractivity contribution in [3.05, 3.63) is 0 Å². The van der Waals surface area contributed by atoms with Gasteiger partial charge in [-0.15, -0.1) is 0 Å². The molecule has 0 aromatic rings. The first kappa shape index (κ1) is 10.4. The van der Waals surface area contributed by atoms with Crippen LogP contribution in [0, 0.1) is 11.3 Å². The van der Waals surface area contributed by atoms with E-state index in [0.717, 1.165) is 0 Å². The molecule has 1 aliphatic rings. The van der Waals surface area contributed by atoms with Crippen LogP contribution in [0.15, 0.2) is 5.10 Å². The second-order valence-electron chi connectivity index (χ2n) is 4.58. The minimum Gasteiger partial charge on any atom is -0.299 e. The van der Waals surface area contributed by atoms with Gasteiger partial charge < -0.3 is 0 Å². The van der Waals surface area contributed by atoms with Crippen LogP contribution < -0.4 is 0 Å². The summed E-state index contributed by atoms with van der Waals surface area (Å²) in [6.07, 6.45) is -2.42. The lowest BCUT2D eigenvalue weighted by molar-refractivity contribution is 0.202. The van der Waals surface area contributed by atoms with Gasteiger partial charge in [-0.1, -0.05) is 20.8 Å². The summed E-state index contributed by atoms with van der Waals surface area (Å²) in [5.41, 5.74) is -0.102. The van der Waals surface area contributed by atoms with Crippen LogP contribution in [0.4, 0.5) is 8.78 Å². The monoisotopic (exact) mass is 190 g/mol. The molecule has 1 atom stereocenters. The minimum atomic E-state index is -2.42. The molecule has 1 unspecified atom stereocenters. The molecule has 13 heavy (non-hydrogen) atoms. The summed E-state index contributed by atoms with van der Waals surface area (Å²) in [4.78, 5) is 0. The first-order valence-corrected chi connectivity index (χ1v) is 4.40. The maximum Gasteiger partial charge on any atom is 0.278 e. The quantitative estimate of drug-likeness (QED) is 0.619. The van der Waals surface area contributed by atoms with E-state index in [1.54, 1.807) is 12.1 Å². The molecule has 1 rings (SSSR count). The molecule has 0 fully saturated rings. The van der Waals surface area contributed by atoms with Crippen LogP contribution in [0.1, 0.15) is 20.8 Å². The predicted octanol–water partition coefficient (Wildman–Crippen LogP) is 2.22. The van der Waals surface area contributed by atoms with Gasteiger partial charge in [-0.2, -0.15) is 5.10 Å². The highest BCUT2D eigenvalue weighted by Gasteiger charge is 2.38. The first-order chi connectivity index (χ1) is 5.82. The van der Waals surface area contributed by atoms with E-state index < -0.39 is 6.43 Å². The molecule has 0 bridgehead atoms. The molecule has 0 radical (unpaired) electrons. The SMILES string of the molecule is CN1CC(C(C)(C)C)C(C(F)F)=N1. The Morgan fingerprint density at radius 1 is 1.46 bits per heavy atom. The summed E-state index contributed by atoms with van der Waals surface area (Å²) in [7, 11) is 1.73. The average Bonchev–Trinajstić information content (AvgIpc) is 2.29. The molecule has 1 aliphatic heterocycles. The van der Waals surface area contributed by atoms with Crippen molar-refractivity contribution in [1.82, 2.24) is 5.01 Å². The fraction of sp³-hybridized carbons (Fsp3) is 0.889. The van der Waals surface area contributed by atoms with Gasteiger partial charge in [-0.05, 0) is 5.41 Å². The van der Waals surface area contributed by atoms with Crippen molar-refractivity contribution in [2.75, 3.05) is 13.6 Å². The van der Waals surface area contributed by atoms with Crippen molar-refractivity contribution in [1.29, 1.82) is 0 Å². The first-order valence-electron chi connectivity index (χ1n) is 4.40. The van der Waals surface area contributed by atoms with Gasteiger partial charge >= 0.3 is 0 Å². The van der Waals surface area contributed by atoms with E-state index in [2.05, 4.69) is 5.10 Å². The van der Waals surface area contributed by atoms with Crippen LogP contribution in [0.25, 0.3) is 0 Å². The summed E-state index contributed by atoms with van der Waals surface area (Å²) < 4.78 is 25.1. The highest BCUT2D eigenvalue weighted by Crippen LogP contribution is 2.33. The molecular formula is C9H16F2N2. The van der Waals surface area contributed by atoms with E-state index in [9.17, 15) is 8.78 Å². The van der Waals surface area contributed by atoms with Crippen molar-refractivity contribution < 1.29 is 8.78 Å². The fourth-order valence-electron chi connectivity index (χ4n) is 1.58. The van der Waals surface area contributed by atoms with Crippen LogP contribution in [0.3, 0.4) is 0 Å². The Morgan fingerprint density at radius 3 is 2.31 bits per heavy atom. The Morgan fingerprint density at radius 2 is 2.00 bits per heavy atom. The summed E-state index contributed by atoms with van der Waals surface area (Å²) in [5.74, 6) is -0.127. The maximum atomic E-state index is 12.5. The van der Waals surface area contributed by atoms with Gasteiger partial charge in [0.15, 0.2) is 0 Å². The molecular weight excluding hydrogens is 174 g/mol. The van der Waals surface area contributed by atoms with E-state index in [1.165, 1.54) is 0 Å². The summed E-state index contributed by atoms with van der Waals surface area (Å²) in [5, 5.41) is 5.43. The lowest BCUT2D eigenvalue weighted by atomic mass is 9.78. The Kier molecular flexibility index (Phi) is 2.59. The van der Waals surface area contributed by atoms with Crippen molar-refractivity contribution in [3.8, 4) is 0 Å². The Balaban J connectivity index is 2.84. The number of halogens is 2. The Labute approximate surface area is 77.6 Å². The Bertz CT molecular complexity index is 218. The third kappa shape index (κ3) is 2.17. The molecule has 0 spiro atoms. The molecule has 0 aromatic heterocycles. The summed E-state index contributed by atoms with van der Waals surface area (Å²) >= 11 is 0. The van der Waals surface area contributed by atoms with E-state index in [1.807, 2.05) is 20.8 Å². The lowest BCUT2D eigenvalue weighted by Crippen LogP contribution is -2.33. The topological polar surface area (TPSA) is 15.6 Å². The van der Waals surface area contributed by atoms with E-state index in [-0.39, 0.29) is 17.0 Å². The van der Waals surface area contributed by atoms with Crippen molar-refractivity contribution in [3.63, 3.8) is 0 Å². The second-order valence-corrected chi connectivity index (χ2v) is 4.58. The third-order valence-electron chi connectivity index (χ3n) is 2.36. The highest BCUT2D eigenvalue weighted by molar-refractivity contribution is 5.91. The minimum absolute atomic E-state index is 0.0370. The number of hydrogen-bond acceptors (Lipinski definition) is 2. The molecule has 76 valence electrons. The molecule has 0 amide bonds. The van der Waals surface area contributed by atoms with Crippen molar-refractivity contribution >= 4 is 5.71 Å². The Hall–Kier alpha value is -0.670. The zero-order valence-corrected chi connectivity index (χ0v) is 8.51. The number of nitrogens with zero attached hydrogens (tertiary/aromatic N) is 2. The molecule has 1 heterocycles. The van der Waals surface area contributed by atoms with Gasteiger partial charge in [-0.3, -0.25) is 5.01 Å². The number of hydrogen-bond donors (Lipinski definition) is 0. The van der Waals surface area contributed by atoms with E-state index in [4.69, 9.17) is 0 Å². The molecule has 0 saturated carbocycles. The molecule has 2 nitrogen and oxygen atoms in total. The second kappa shape index (κ2) is 3.24. The highest BCUT2D eigenvalue weighted by atomic mass is 19.3. The molecule has 4 heteroatoms. The molecule has 0 aliphatic carbocycles. The van der Waals surface area contributed by atoms with Crippen LogP contribution in [0.2, 0.25) is 0 Å². The lowest BCUT2D eigenvalue weighted by Gasteiger charge is -2.27. The standard InChI is InChI=1S/C9H16F2N2/c1-9(2,3)6-5-13(4)12-7(6)8(10)11/h6,8H,5H2,1-4H3. The smallest absolute Gasteiger partial charge is 0.278 e. The number of rotatable bonds is 1. The van der Waals surface area contributed by atoms with E-state index in [0.29, 0.717) is 6.54 Å². The zero-order chi connectivity index (χ0) is 10.2. The zero-order valence-electron chi connectivity index (χ0n) is 8.51. The number of alkyl halides is 2. The van der Waals surface area contributed by atoms with Crippen LogP contribution in [-0.2, 0) is 0 Å². The maximum absolute atomic E-state index is 12.5. The average molecular weight is 190 g/mol. The normalized spacial score (nSPS) is 24.1.